The second-order valence-electron chi connectivity index (χ2n) is 5.83. The van der Waals surface area contributed by atoms with Crippen molar-refractivity contribution in [2.24, 2.45) is 0 Å². The molecule has 25 heavy (non-hydrogen) atoms. The molecule has 0 aliphatic heterocycles. The molecule has 3 aromatic rings. The molecule has 0 bridgehead atoms. The van der Waals surface area contributed by atoms with E-state index in [1.807, 2.05) is 44.2 Å². The normalized spacial score (nSPS) is 11.5. The van der Waals surface area contributed by atoms with Gasteiger partial charge in [0.25, 0.3) is 10.0 Å². The number of aromatic nitrogens is 2. The predicted molar refractivity (Wildman–Crippen MR) is 103 cm³/mol. The fraction of sp³-hybridized carbons (Fsp3) is 0.167. The van der Waals surface area contributed by atoms with E-state index in [0.29, 0.717) is 15.9 Å². The van der Waals surface area contributed by atoms with E-state index in [-0.39, 0.29) is 4.90 Å². The third kappa shape index (κ3) is 3.48. The van der Waals surface area contributed by atoms with E-state index < -0.39 is 10.0 Å². The number of para-hydroxylation sites is 1. The number of anilines is 1. The summed E-state index contributed by atoms with van der Waals surface area (Å²) in [5.41, 5.74) is 3.71. The molecule has 0 saturated carbocycles. The average Bonchev–Trinajstić information content (AvgIpc) is 2.83. The Kier molecular flexibility index (Phi) is 4.71. The van der Waals surface area contributed by atoms with Crippen molar-refractivity contribution in [1.29, 1.82) is 0 Å². The van der Waals surface area contributed by atoms with Gasteiger partial charge in [0.1, 0.15) is 4.90 Å². The highest BCUT2D eigenvalue weighted by Crippen LogP contribution is 2.29. The summed E-state index contributed by atoms with van der Waals surface area (Å²) in [7, 11) is -3.72. The van der Waals surface area contributed by atoms with Crippen LogP contribution in [0.2, 0.25) is 0 Å². The zero-order valence-corrected chi connectivity index (χ0v) is 16.5. The lowest BCUT2D eigenvalue weighted by Crippen LogP contribution is -2.15. The zero-order chi connectivity index (χ0) is 18.2. The molecular weight excluding hydrogens is 402 g/mol. The largest absolute Gasteiger partial charge is 0.276 e. The summed E-state index contributed by atoms with van der Waals surface area (Å²) < 4.78 is 30.6. The molecule has 0 aliphatic rings. The van der Waals surface area contributed by atoms with Gasteiger partial charge in [-0.05, 0) is 66.5 Å². The fourth-order valence-corrected chi connectivity index (χ4v) is 4.99. The van der Waals surface area contributed by atoms with Gasteiger partial charge in [0.15, 0.2) is 0 Å². The summed E-state index contributed by atoms with van der Waals surface area (Å²) in [4.78, 5) is 0.198. The summed E-state index contributed by atoms with van der Waals surface area (Å²) in [6.07, 6.45) is 0. The van der Waals surface area contributed by atoms with Crippen molar-refractivity contribution in [3.8, 4) is 5.69 Å². The molecule has 0 aliphatic carbocycles. The first-order valence-corrected chi connectivity index (χ1v) is 9.98. The molecule has 7 heteroatoms. The molecule has 1 heterocycles. The zero-order valence-electron chi connectivity index (χ0n) is 14.1. The Morgan fingerprint density at radius 3 is 2.36 bits per heavy atom. The Labute approximate surface area is 155 Å². The van der Waals surface area contributed by atoms with Crippen molar-refractivity contribution in [1.82, 2.24) is 9.78 Å². The third-order valence-corrected chi connectivity index (χ3v) is 6.23. The maximum absolute atomic E-state index is 12.8. The molecular formula is C18H18BrN3O2S. The van der Waals surface area contributed by atoms with Gasteiger partial charge in [-0.3, -0.25) is 4.72 Å². The van der Waals surface area contributed by atoms with Crippen LogP contribution < -0.4 is 4.72 Å². The Balaban J connectivity index is 2.02. The maximum Gasteiger partial charge on any atom is 0.263 e. The van der Waals surface area contributed by atoms with Crippen molar-refractivity contribution >= 4 is 31.6 Å². The van der Waals surface area contributed by atoms with Crippen LogP contribution in [-0.4, -0.2) is 18.2 Å². The summed E-state index contributed by atoms with van der Waals surface area (Å²) in [5, 5.41) is 4.47. The quantitative estimate of drug-likeness (QED) is 0.682. The van der Waals surface area contributed by atoms with E-state index in [0.717, 1.165) is 16.9 Å². The number of hydrogen-bond donors (Lipinski definition) is 1. The molecule has 0 radical (unpaired) electrons. The Hall–Kier alpha value is -2.12. The van der Waals surface area contributed by atoms with Crippen molar-refractivity contribution < 1.29 is 8.42 Å². The fourth-order valence-electron chi connectivity index (χ4n) is 2.62. The van der Waals surface area contributed by atoms with Crippen molar-refractivity contribution in [3.05, 3.63) is 70.0 Å². The number of sulfonamides is 1. The first-order valence-electron chi connectivity index (χ1n) is 7.70. The second kappa shape index (κ2) is 6.65. The minimum absolute atomic E-state index is 0.198. The highest BCUT2D eigenvalue weighted by Gasteiger charge is 2.22. The van der Waals surface area contributed by atoms with Crippen LogP contribution in [0.5, 0.6) is 0 Å². The van der Waals surface area contributed by atoms with E-state index in [2.05, 4.69) is 25.8 Å². The minimum Gasteiger partial charge on any atom is -0.276 e. The number of nitrogens with zero attached hydrogens (tertiary/aromatic N) is 2. The van der Waals surface area contributed by atoms with Crippen molar-refractivity contribution in [2.75, 3.05) is 4.72 Å². The molecule has 1 N–H and O–H groups in total. The van der Waals surface area contributed by atoms with Gasteiger partial charge < -0.3 is 0 Å². The van der Waals surface area contributed by atoms with Gasteiger partial charge in [-0.1, -0.05) is 24.3 Å². The van der Waals surface area contributed by atoms with E-state index in [1.165, 1.54) is 0 Å². The van der Waals surface area contributed by atoms with Gasteiger partial charge in [0.05, 0.1) is 22.8 Å². The molecule has 5 nitrogen and oxygen atoms in total. The van der Waals surface area contributed by atoms with Gasteiger partial charge in [0, 0.05) is 4.47 Å². The molecule has 0 unspecified atom stereocenters. The molecule has 3 rings (SSSR count). The van der Waals surface area contributed by atoms with Gasteiger partial charge in [-0.25, -0.2) is 13.1 Å². The lowest BCUT2D eigenvalue weighted by molar-refractivity contribution is 0.600. The first-order chi connectivity index (χ1) is 11.8. The molecule has 0 saturated heterocycles. The maximum atomic E-state index is 12.8. The Morgan fingerprint density at radius 2 is 1.72 bits per heavy atom. The lowest BCUT2D eigenvalue weighted by atomic mass is 10.2. The number of benzene rings is 2. The Morgan fingerprint density at radius 1 is 1.04 bits per heavy atom. The molecule has 0 atom stereocenters. The van der Waals surface area contributed by atoms with Crippen LogP contribution in [0.15, 0.2) is 57.9 Å². The summed E-state index contributed by atoms with van der Waals surface area (Å²) in [5.74, 6) is 0. The number of nitrogens with one attached hydrogen (secondary N) is 1. The van der Waals surface area contributed by atoms with Crippen LogP contribution in [0.4, 0.5) is 5.69 Å². The second-order valence-corrected chi connectivity index (χ2v) is 8.34. The molecule has 0 amide bonds. The number of hydrogen-bond acceptors (Lipinski definition) is 3. The lowest BCUT2D eigenvalue weighted by Gasteiger charge is -2.11. The molecule has 1 aromatic heterocycles. The van der Waals surface area contributed by atoms with Gasteiger partial charge in [-0.2, -0.15) is 5.10 Å². The average molecular weight is 420 g/mol. The summed E-state index contributed by atoms with van der Waals surface area (Å²) in [6, 6.07) is 14.7. The van der Waals surface area contributed by atoms with Crippen LogP contribution >= 0.6 is 15.9 Å². The molecule has 2 aromatic carbocycles. The monoisotopic (exact) mass is 419 g/mol. The molecule has 130 valence electrons. The van der Waals surface area contributed by atoms with E-state index in [1.54, 1.807) is 29.8 Å². The summed E-state index contributed by atoms with van der Waals surface area (Å²) in [6.45, 7) is 5.54. The van der Waals surface area contributed by atoms with E-state index in [9.17, 15) is 8.42 Å². The van der Waals surface area contributed by atoms with Crippen molar-refractivity contribution in [2.45, 2.75) is 25.7 Å². The SMILES string of the molecule is Cc1ccc(S(=O)(=O)Nc2c(C)nn(-c3ccccc3)c2C)c(Br)c1. The highest BCUT2D eigenvalue weighted by atomic mass is 79.9. The third-order valence-electron chi connectivity index (χ3n) is 3.91. The number of rotatable bonds is 4. The number of aryl methyl sites for hydroxylation is 2. The topological polar surface area (TPSA) is 64.0 Å². The standard InChI is InChI=1S/C18H18BrN3O2S/c1-12-9-10-17(16(19)11-12)25(23,24)21-18-13(2)20-22(14(18)3)15-7-5-4-6-8-15/h4-11,21H,1-3H3. The summed E-state index contributed by atoms with van der Waals surface area (Å²) >= 11 is 3.34. The van der Waals surface area contributed by atoms with Crippen LogP contribution in [0.3, 0.4) is 0 Å². The van der Waals surface area contributed by atoms with Crippen LogP contribution in [0, 0.1) is 20.8 Å². The van der Waals surface area contributed by atoms with E-state index in [4.69, 9.17) is 0 Å². The number of halogens is 1. The van der Waals surface area contributed by atoms with Crippen LogP contribution in [0.1, 0.15) is 17.0 Å². The van der Waals surface area contributed by atoms with Crippen LogP contribution in [0.25, 0.3) is 5.69 Å². The van der Waals surface area contributed by atoms with Gasteiger partial charge in [-0.15, -0.1) is 0 Å². The molecule has 0 fully saturated rings. The Bertz CT molecular complexity index is 1030. The van der Waals surface area contributed by atoms with Crippen molar-refractivity contribution in [3.63, 3.8) is 0 Å². The molecule has 0 spiro atoms. The van der Waals surface area contributed by atoms with Gasteiger partial charge >= 0.3 is 0 Å². The van der Waals surface area contributed by atoms with Gasteiger partial charge in [0.2, 0.25) is 0 Å². The van der Waals surface area contributed by atoms with E-state index >= 15 is 0 Å². The first kappa shape index (κ1) is 17.7. The predicted octanol–water partition coefficient (Wildman–Crippen LogP) is 4.36. The minimum atomic E-state index is -3.72. The van der Waals surface area contributed by atoms with Crippen LogP contribution in [-0.2, 0) is 10.0 Å². The smallest absolute Gasteiger partial charge is 0.263 e. The highest BCUT2D eigenvalue weighted by molar-refractivity contribution is 9.10.